The van der Waals surface area contributed by atoms with Crippen molar-refractivity contribution in [1.82, 2.24) is 5.32 Å². The molecule has 0 atom stereocenters. The molecule has 0 aromatic rings. The van der Waals surface area contributed by atoms with Crippen LogP contribution in [0, 0.1) is 0 Å². The molecule has 0 radical (unpaired) electrons. The molecule has 0 aromatic carbocycles. The van der Waals surface area contributed by atoms with E-state index in [2.05, 4.69) is 5.32 Å². The van der Waals surface area contributed by atoms with E-state index in [9.17, 15) is 4.79 Å². The first-order chi connectivity index (χ1) is 8.34. The highest BCUT2D eigenvalue weighted by atomic mass is 16.5. The Hall–Kier alpha value is -0.610. The molecule has 2 aliphatic rings. The molecule has 1 aliphatic carbocycles. The molecule has 2 rings (SSSR count). The van der Waals surface area contributed by atoms with Crippen LogP contribution in [0.4, 0.5) is 0 Å². The highest BCUT2D eigenvalue weighted by Gasteiger charge is 2.20. The standard InChI is InChI=1S/C13H24N2O2/c16-13(11-15-7-9-17-10-8-15)14-12-5-3-1-2-4-6-12/h12H,1-11H2,(H,14,16)/p+1. The van der Waals surface area contributed by atoms with Crippen molar-refractivity contribution in [2.24, 2.45) is 0 Å². The molecular weight excluding hydrogens is 216 g/mol. The lowest BCUT2D eigenvalue weighted by Crippen LogP contribution is -3.15. The second-order valence-electron chi connectivity index (χ2n) is 5.30. The van der Waals surface area contributed by atoms with E-state index >= 15 is 0 Å². The van der Waals surface area contributed by atoms with Gasteiger partial charge in [-0.1, -0.05) is 25.7 Å². The number of hydrogen-bond donors (Lipinski definition) is 2. The van der Waals surface area contributed by atoms with E-state index in [1.165, 1.54) is 43.4 Å². The maximum absolute atomic E-state index is 11.9. The molecule has 0 aromatic heterocycles. The number of amides is 1. The molecule has 0 unspecified atom stereocenters. The lowest BCUT2D eigenvalue weighted by Gasteiger charge is -2.24. The van der Waals surface area contributed by atoms with Gasteiger partial charge < -0.3 is 15.0 Å². The van der Waals surface area contributed by atoms with Crippen LogP contribution in [0.3, 0.4) is 0 Å². The molecule has 4 heteroatoms. The van der Waals surface area contributed by atoms with Crippen LogP contribution >= 0.6 is 0 Å². The number of nitrogens with one attached hydrogen (secondary N) is 2. The Balaban J connectivity index is 1.68. The molecular formula is C13H25N2O2+. The summed E-state index contributed by atoms with van der Waals surface area (Å²) in [5.74, 6) is 0.230. The van der Waals surface area contributed by atoms with E-state index in [1.807, 2.05) is 0 Å². The summed E-state index contributed by atoms with van der Waals surface area (Å²) in [6, 6.07) is 0.436. The maximum Gasteiger partial charge on any atom is 0.275 e. The van der Waals surface area contributed by atoms with Gasteiger partial charge in [0.1, 0.15) is 13.1 Å². The van der Waals surface area contributed by atoms with Gasteiger partial charge in [-0.25, -0.2) is 0 Å². The zero-order valence-electron chi connectivity index (χ0n) is 10.7. The lowest BCUT2D eigenvalue weighted by molar-refractivity contribution is -0.900. The first-order valence-electron chi connectivity index (χ1n) is 7.05. The van der Waals surface area contributed by atoms with E-state index in [4.69, 9.17) is 4.74 Å². The fraction of sp³-hybridized carbons (Fsp3) is 0.923. The van der Waals surface area contributed by atoms with Crippen LogP contribution in [-0.4, -0.2) is 44.8 Å². The topological polar surface area (TPSA) is 42.8 Å². The minimum absolute atomic E-state index is 0.230. The number of ether oxygens (including phenoxy) is 1. The fourth-order valence-electron chi connectivity index (χ4n) is 2.77. The van der Waals surface area contributed by atoms with Crippen molar-refractivity contribution in [1.29, 1.82) is 0 Å². The van der Waals surface area contributed by atoms with Gasteiger partial charge in [0, 0.05) is 6.04 Å². The normalized spacial score (nSPS) is 24.2. The second kappa shape index (κ2) is 6.97. The Morgan fingerprint density at radius 3 is 2.41 bits per heavy atom. The van der Waals surface area contributed by atoms with Gasteiger partial charge in [-0.05, 0) is 12.8 Å². The van der Waals surface area contributed by atoms with Crippen molar-refractivity contribution in [2.45, 2.75) is 44.6 Å². The SMILES string of the molecule is O=C(C[NH+]1CCOCC1)NC1CCCCCC1. The number of rotatable bonds is 3. The highest BCUT2D eigenvalue weighted by Crippen LogP contribution is 2.16. The Morgan fingerprint density at radius 2 is 1.76 bits per heavy atom. The van der Waals surface area contributed by atoms with Gasteiger partial charge >= 0.3 is 0 Å². The summed E-state index contributed by atoms with van der Waals surface area (Å²) in [4.78, 5) is 13.3. The second-order valence-corrected chi connectivity index (χ2v) is 5.30. The Labute approximate surface area is 104 Å². The van der Waals surface area contributed by atoms with Crippen LogP contribution in [0.1, 0.15) is 38.5 Å². The van der Waals surface area contributed by atoms with Crippen LogP contribution in [-0.2, 0) is 9.53 Å². The van der Waals surface area contributed by atoms with E-state index in [-0.39, 0.29) is 5.91 Å². The fourth-order valence-corrected chi connectivity index (χ4v) is 2.77. The Kier molecular flexibility index (Phi) is 5.26. The first kappa shape index (κ1) is 12.8. The van der Waals surface area contributed by atoms with Crippen LogP contribution in [0.5, 0.6) is 0 Å². The lowest BCUT2D eigenvalue weighted by atomic mass is 10.1. The molecule has 1 saturated heterocycles. The van der Waals surface area contributed by atoms with E-state index in [0.717, 1.165) is 26.3 Å². The summed E-state index contributed by atoms with van der Waals surface area (Å²) in [5.41, 5.74) is 0. The average molecular weight is 241 g/mol. The summed E-state index contributed by atoms with van der Waals surface area (Å²) in [5, 5.41) is 3.21. The average Bonchev–Trinajstić information content (AvgIpc) is 2.59. The van der Waals surface area contributed by atoms with Gasteiger partial charge in [-0.15, -0.1) is 0 Å². The highest BCUT2D eigenvalue weighted by molar-refractivity contribution is 5.77. The number of carbonyl (C=O) groups excluding carboxylic acids is 1. The van der Waals surface area contributed by atoms with Crippen LogP contribution in [0.25, 0.3) is 0 Å². The van der Waals surface area contributed by atoms with Gasteiger partial charge in [-0.2, -0.15) is 0 Å². The summed E-state index contributed by atoms with van der Waals surface area (Å²) in [6.07, 6.45) is 7.56. The summed E-state index contributed by atoms with van der Waals surface area (Å²) < 4.78 is 5.30. The molecule has 98 valence electrons. The van der Waals surface area contributed by atoms with Crippen LogP contribution in [0.2, 0.25) is 0 Å². The predicted octanol–water partition coefficient (Wildman–Crippen LogP) is -0.259. The largest absolute Gasteiger partial charge is 0.370 e. The number of quaternary nitrogens is 1. The van der Waals surface area contributed by atoms with E-state index in [0.29, 0.717) is 12.6 Å². The van der Waals surface area contributed by atoms with Crippen molar-refractivity contribution in [3.63, 3.8) is 0 Å². The molecule has 4 nitrogen and oxygen atoms in total. The van der Waals surface area contributed by atoms with E-state index < -0.39 is 0 Å². The van der Waals surface area contributed by atoms with Crippen molar-refractivity contribution in [3.8, 4) is 0 Å². The van der Waals surface area contributed by atoms with Crippen molar-refractivity contribution in [2.75, 3.05) is 32.8 Å². The summed E-state index contributed by atoms with van der Waals surface area (Å²) in [7, 11) is 0. The first-order valence-corrected chi connectivity index (χ1v) is 7.05. The molecule has 17 heavy (non-hydrogen) atoms. The molecule has 2 N–H and O–H groups in total. The minimum Gasteiger partial charge on any atom is -0.370 e. The quantitative estimate of drug-likeness (QED) is 0.669. The predicted molar refractivity (Wildman–Crippen MR) is 66.0 cm³/mol. The number of morpholine rings is 1. The van der Waals surface area contributed by atoms with Crippen LogP contribution in [0.15, 0.2) is 0 Å². The zero-order chi connectivity index (χ0) is 11.9. The van der Waals surface area contributed by atoms with Crippen molar-refractivity contribution in [3.05, 3.63) is 0 Å². The van der Waals surface area contributed by atoms with E-state index in [1.54, 1.807) is 0 Å². The monoisotopic (exact) mass is 241 g/mol. The Bertz CT molecular complexity index is 232. The van der Waals surface area contributed by atoms with Crippen molar-refractivity contribution >= 4 is 5.91 Å². The third kappa shape index (κ3) is 4.64. The third-order valence-electron chi connectivity index (χ3n) is 3.83. The minimum atomic E-state index is 0.230. The third-order valence-corrected chi connectivity index (χ3v) is 3.83. The summed E-state index contributed by atoms with van der Waals surface area (Å²) >= 11 is 0. The maximum atomic E-state index is 11.9. The molecule has 1 aliphatic heterocycles. The van der Waals surface area contributed by atoms with Crippen LogP contribution < -0.4 is 10.2 Å². The number of hydrogen-bond acceptors (Lipinski definition) is 2. The molecule has 1 amide bonds. The number of carbonyl (C=O) groups is 1. The Morgan fingerprint density at radius 1 is 1.12 bits per heavy atom. The van der Waals surface area contributed by atoms with Gasteiger partial charge in [0.15, 0.2) is 6.54 Å². The molecule has 0 bridgehead atoms. The molecule has 2 fully saturated rings. The zero-order valence-corrected chi connectivity index (χ0v) is 10.7. The van der Waals surface area contributed by atoms with Gasteiger partial charge in [-0.3, -0.25) is 4.79 Å². The molecule has 0 spiro atoms. The van der Waals surface area contributed by atoms with Gasteiger partial charge in [0.05, 0.1) is 13.2 Å². The van der Waals surface area contributed by atoms with Crippen molar-refractivity contribution < 1.29 is 14.4 Å². The molecule has 1 saturated carbocycles. The molecule has 1 heterocycles. The summed E-state index contributed by atoms with van der Waals surface area (Å²) in [6.45, 7) is 4.16. The van der Waals surface area contributed by atoms with Gasteiger partial charge in [0.2, 0.25) is 0 Å². The van der Waals surface area contributed by atoms with Gasteiger partial charge in [0.25, 0.3) is 5.91 Å². The smallest absolute Gasteiger partial charge is 0.275 e.